The van der Waals surface area contributed by atoms with Crippen LogP contribution in [0.25, 0.3) is 0 Å². The Morgan fingerprint density at radius 1 is 0.938 bits per heavy atom. The van der Waals surface area contributed by atoms with Gasteiger partial charge in [-0.25, -0.2) is 0 Å². The molecule has 0 atom stereocenters. The summed E-state index contributed by atoms with van der Waals surface area (Å²) < 4.78 is 21.5. The van der Waals surface area contributed by atoms with Crippen molar-refractivity contribution in [2.24, 2.45) is 0 Å². The van der Waals surface area contributed by atoms with Gasteiger partial charge < -0.3 is 18.0 Å². The van der Waals surface area contributed by atoms with Gasteiger partial charge in [0.25, 0.3) is 0 Å². The Balaban J connectivity index is 3.20. The van der Waals surface area contributed by atoms with Gasteiger partial charge in [-0.2, -0.15) is 0 Å². The standard InChI is InChI=1S/C11H18O4Si/c1-9-6-7-10(8-11(9)12-2)16(13-3,14-4)15-5/h6-8H,1-5H3. The summed E-state index contributed by atoms with van der Waals surface area (Å²) in [6, 6.07) is 5.81. The summed E-state index contributed by atoms with van der Waals surface area (Å²) in [5, 5.41) is 0.891. The van der Waals surface area contributed by atoms with Crippen LogP contribution in [0.5, 0.6) is 5.75 Å². The van der Waals surface area contributed by atoms with Gasteiger partial charge in [0.2, 0.25) is 0 Å². The number of hydrogen-bond acceptors (Lipinski definition) is 4. The number of benzene rings is 1. The SMILES string of the molecule is COc1cc([Si](OC)(OC)OC)ccc1C. The molecule has 0 aliphatic rings. The van der Waals surface area contributed by atoms with Gasteiger partial charge in [0, 0.05) is 26.5 Å². The lowest BCUT2D eigenvalue weighted by Crippen LogP contribution is -2.54. The van der Waals surface area contributed by atoms with E-state index in [1.165, 1.54) is 0 Å². The van der Waals surface area contributed by atoms with Crippen LogP contribution in [0.15, 0.2) is 18.2 Å². The molecule has 0 aliphatic carbocycles. The van der Waals surface area contributed by atoms with Gasteiger partial charge in [-0.3, -0.25) is 0 Å². The van der Waals surface area contributed by atoms with Gasteiger partial charge >= 0.3 is 8.80 Å². The molecule has 0 bridgehead atoms. The smallest absolute Gasteiger partial charge is 0.496 e. The first-order chi connectivity index (χ1) is 7.63. The Labute approximate surface area is 97.5 Å². The summed E-state index contributed by atoms with van der Waals surface area (Å²) in [7, 11) is 3.66. The molecule has 0 unspecified atom stereocenters. The summed E-state index contributed by atoms with van der Waals surface area (Å²) >= 11 is 0. The van der Waals surface area contributed by atoms with Gasteiger partial charge in [0.05, 0.1) is 7.11 Å². The maximum Gasteiger partial charge on any atom is 0.536 e. The van der Waals surface area contributed by atoms with Crippen molar-refractivity contribution in [2.45, 2.75) is 6.92 Å². The van der Waals surface area contributed by atoms with Crippen LogP contribution >= 0.6 is 0 Å². The quantitative estimate of drug-likeness (QED) is 0.724. The summed E-state index contributed by atoms with van der Waals surface area (Å²) in [6.45, 7) is 1.98. The van der Waals surface area contributed by atoms with Crippen molar-refractivity contribution >= 4 is 14.0 Å². The normalized spacial score (nSPS) is 11.6. The van der Waals surface area contributed by atoms with Gasteiger partial charge in [0.15, 0.2) is 0 Å². The van der Waals surface area contributed by atoms with Crippen LogP contribution in [0, 0.1) is 6.92 Å². The highest BCUT2D eigenvalue weighted by Gasteiger charge is 2.41. The van der Waals surface area contributed by atoms with E-state index in [0.717, 1.165) is 16.5 Å². The minimum absolute atomic E-state index is 0.806. The van der Waals surface area contributed by atoms with Crippen LogP contribution in [0.4, 0.5) is 0 Å². The largest absolute Gasteiger partial charge is 0.536 e. The molecule has 0 radical (unpaired) electrons. The zero-order valence-corrected chi connectivity index (χ0v) is 11.4. The number of methoxy groups -OCH3 is 1. The van der Waals surface area contributed by atoms with Gasteiger partial charge in [-0.05, 0) is 18.6 Å². The van der Waals surface area contributed by atoms with Crippen molar-refractivity contribution in [1.29, 1.82) is 0 Å². The zero-order chi connectivity index (χ0) is 12.2. The van der Waals surface area contributed by atoms with Crippen molar-refractivity contribution in [1.82, 2.24) is 0 Å². The molecule has 1 rings (SSSR count). The maximum atomic E-state index is 5.40. The molecule has 0 spiro atoms. The fourth-order valence-corrected chi connectivity index (χ4v) is 3.42. The van der Waals surface area contributed by atoms with E-state index in [2.05, 4.69) is 0 Å². The Kier molecular flexibility index (Phi) is 4.49. The molecule has 0 saturated heterocycles. The lowest BCUT2D eigenvalue weighted by atomic mass is 10.2. The minimum atomic E-state index is -2.74. The Hall–Kier alpha value is -0.883. The Bertz CT molecular complexity index is 342. The zero-order valence-electron chi connectivity index (χ0n) is 10.4. The Morgan fingerprint density at radius 2 is 1.50 bits per heavy atom. The van der Waals surface area contributed by atoms with E-state index < -0.39 is 8.80 Å². The van der Waals surface area contributed by atoms with Crippen molar-refractivity contribution in [3.05, 3.63) is 23.8 Å². The molecule has 0 aliphatic heterocycles. The maximum absolute atomic E-state index is 5.40. The summed E-state index contributed by atoms with van der Waals surface area (Å²) in [5.41, 5.74) is 1.07. The summed E-state index contributed by atoms with van der Waals surface area (Å²) in [4.78, 5) is 0. The van der Waals surface area contributed by atoms with E-state index in [0.29, 0.717) is 0 Å². The van der Waals surface area contributed by atoms with Crippen LogP contribution in [0.2, 0.25) is 0 Å². The second-order valence-electron chi connectivity index (χ2n) is 3.35. The molecular formula is C11H18O4Si. The van der Waals surface area contributed by atoms with Gasteiger partial charge in [0.1, 0.15) is 5.75 Å². The van der Waals surface area contributed by atoms with Gasteiger partial charge in [-0.1, -0.05) is 12.1 Å². The third-order valence-electron chi connectivity index (χ3n) is 2.57. The van der Waals surface area contributed by atoms with Crippen molar-refractivity contribution in [2.75, 3.05) is 28.4 Å². The number of aryl methyl sites for hydroxylation is 1. The lowest BCUT2D eigenvalue weighted by molar-refractivity contribution is 0.140. The second-order valence-corrected chi connectivity index (χ2v) is 6.27. The van der Waals surface area contributed by atoms with E-state index in [1.807, 2.05) is 25.1 Å². The first-order valence-corrected chi connectivity index (χ1v) is 6.66. The van der Waals surface area contributed by atoms with E-state index >= 15 is 0 Å². The number of ether oxygens (including phenoxy) is 1. The molecule has 0 amide bonds. The molecule has 0 saturated carbocycles. The third kappa shape index (κ3) is 2.27. The molecule has 1 aromatic carbocycles. The number of rotatable bonds is 5. The van der Waals surface area contributed by atoms with Crippen molar-refractivity contribution in [3.63, 3.8) is 0 Å². The molecule has 0 fully saturated rings. The van der Waals surface area contributed by atoms with Gasteiger partial charge in [-0.15, -0.1) is 0 Å². The predicted molar refractivity (Wildman–Crippen MR) is 64.1 cm³/mol. The highest BCUT2D eigenvalue weighted by Crippen LogP contribution is 2.17. The molecular weight excluding hydrogens is 224 g/mol. The van der Waals surface area contributed by atoms with E-state index in [1.54, 1.807) is 28.4 Å². The molecule has 0 N–H and O–H groups in total. The van der Waals surface area contributed by atoms with E-state index in [9.17, 15) is 0 Å². The van der Waals surface area contributed by atoms with Crippen LogP contribution in [-0.4, -0.2) is 37.2 Å². The van der Waals surface area contributed by atoms with Crippen LogP contribution in [-0.2, 0) is 13.3 Å². The molecule has 5 heteroatoms. The molecule has 0 heterocycles. The Morgan fingerprint density at radius 3 is 1.94 bits per heavy atom. The lowest BCUT2D eigenvalue weighted by Gasteiger charge is -2.25. The minimum Gasteiger partial charge on any atom is -0.496 e. The number of hydrogen-bond donors (Lipinski definition) is 0. The first kappa shape index (κ1) is 13.2. The topological polar surface area (TPSA) is 36.9 Å². The summed E-state index contributed by atoms with van der Waals surface area (Å²) in [6.07, 6.45) is 0. The van der Waals surface area contributed by atoms with Crippen molar-refractivity contribution in [3.8, 4) is 5.75 Å². The highest BCUT2D eigenvalue weighted by atomic mass is 28.4. The van der Waals surface area contributed by atoms with Crippen molar-refractivity contribution < 1.29 is 18.0 Å². The van der Waals surface area contributed by atoms with Crippen LogP contribution in [0.1, 0.15) is 5.56 Å². The molecule has 4 nitrogen and oxygen atoms in total. The molecule has 90 valence electrons. The van der Waals surface area contributed by atoms with E-state index in [-0.39, 0.29) is 0 Å². The first-order valence-electron chi connectivity index (χ1n) is 4.94. The molecule has 0 aromatic heterocycles. The van der Waals surface area contributed by atoms with Crippen LogP contribution in [0.3, 0.4) is 0 Å². The third-order valence-corrected chi connectivity index (χ3v) is 5.20. The molecule has 1 aromatic rings. The monoisotopic (exact) mass is 242 g/mol. The highest BCUT2D eigenvalue weighted by molar-refractivity contribution is 6.75. The molecule has 16 heavy (non-hydrogen) atoms. The van der Waals surface area contributed by atoms with Crippen LogP contribution < -0.4 is 9.92 Å². The average molecular weight is 242 g/mol. The van der Waals surface area contributed by atoms with E-state index in [4.69, 9.17) is 18.0 Å². The fourth-order valence-electron chi connectivity index (χ4n) is 1.61. The summed E-state index contributed by atoms with van der Waals surface area (Å²) in [5.74, 6) is 0.806. The predicted octanol–water partition coefficient (Wildman–Crippen LogP) is 1.09. The second kappa shape index (κ2) is 5.45. The average Bonchev–Trinajstić information content (AvgIpc) is 2.33. The fraction of sp³-hybridized carbons (Fsp3) is 0.455.